The number of nitrogens with zero attached hydrogens (tertiary/aromatic N) is 2. The number of carbonyl (C=O) groups excluding carboxylic acids is 2. The highest BCUT2D eigenvalue weighted by molar-refractivity contribution is 8.01. The van der Waals surface area contributed by atoms with Crippen molar-refractivity contribution in [3.8, 4) is 0 Å². The Labute approximate surface area is 143 Å². The average Bonchev–Trinajstić information content (AvgIpc) is 2.97. The Kier molecular flexibility index (Phi) is 6.36. The summed E-state index contributed by atoms with van der Waals surface area (Å²) in [5.74, 6) is -0.604. The average molecular weight is 350 g/mol. The third-order valence-corrected chi connectivity index (χ3v) is 4.47. The summed E-state index contributed by atoms with van der Waals surface area (Å²) in [4.78, 5) is 23.9. The van der Waals surface area contributed by atoms with E-state index in [-0.39, 0.29) is 28.6 Å². The predicted molar refractivity (Wildman–Crippen MR) is 92.0 cm³/mol. The van der Waals surface area contributed by atoms with Gasteiger partial charge in [-0.05, 0) is 37.3 Å². The molecule has 1 unspecified atom stereocenters. The van der Waals surface area contributed by atoms with E-state index in [1.54, 1.807) is 24.9 Å². The lowest BCUT2D eigenvalue weighted by atomic mass is 10.3. The molecule has 1 aromatic carbocycles. The summed E-state index contributed by atoms with van der Waals surface area (Å²) >= 11 is 1.24. The fourth-order valence-corrected chi connectivity index (χ4v) is 2.61. The van der Waals surface area contributed by atoms with Crippen molar-refractivity contribution in [3.05, 3.63) is 48.0 Å². The standard InChI is InChI=1S/C16H19FN4O2S/c1-11(16(23)18-9-14-7-8-19-21(14)2)24-10-15(22)20-13-5-3-12(17)4-6-13/h3-8,11H,9-10H2,1-2H3,(H,18,23)(H,20,22). The summed E-state index contributed by atoms with van der Waals surface area (Å²) in [6.45, 7) is 2.14. The van der Waals surface area contributed by atoms with E-state index in [1.807, 2.05) is 6.07 Å². The molecule has 2 N–H and O–H groups in total. The molecule has 128 valence electrons. The zero-order chi connectivity index (χ0) is 17.5. The molecule has 0 bridgehead atoms. The predicted octanol–water partition coefficient (Wildman–Crippen LogP) is 1.94. The molecular weight excluding hydrogens is 331 g/mol. The van der Waals surface area contributed by atoms with E-state index in [9.17, 15) is 14.0 Å². The van der Waals surface area contributed by atoms with Crippen LogP contribution in [0.15, 0.2) is 36.5 Å². The van der Waals surface area contributed by atoms with E-state index < -0.39 is 0 Å². The van der Waals surface area contributed by atoms with E-state index in [2.05, 4.69) is 15.7 Å². The van der Waals surface area contributed by atoms with Crippen molar-refractivity contribution in [2.24, 2.45) is 7.05 Å². The second kappa shape index (κ2) is 8.49. The molecule has 0 fully saturated rings. The number of hydrogen-bond acceptors (Lipinski definition) is 4. The number of aryl methyl sites for hydroxylation is 1. The quantitative estimate of drug-likeness (QED) is 0.800. The van der Waals surface area contributed by atoms with Gasteiger partial charge in [0, 0.05) is 18.9 Å². The van der Waals surface area contributed by atoms with Crippen molar-refractivity contribution in [1.82, 2.24) is 15.1 Å². The Morgan fingerprint density at radius 1 is 1.29 bits per heavy atom. The van der Waals surface area contributed by atoms with Crippen molar-refractivity contribution in [2.75, 3.05) is 11.1 Å². The van der Waals surface area contributed by atoms with Gasteiger partial charge in [-0.3, -0.25) is 14.3 Å². The minimum absolute atomic E-state index is 0.137. The van der Waals surface area contributed by atoms with Crippen LogP contribution in [0.25, 0.3) is 0 Å². The van der Waals surface area contributed by atoms with Gasteiger partial charge in [-0.25, -0.2) is 4.39 Å². The van der Waals surface area contributed by atoms with Crippen LogP contribution in [0.5, 0.6) is 0 Å². The lowest BCUT2D eigenvalue weighted by Gasteiger charge is -2.12. The van der Waals surface area contributed by atoms with Crippen molar-refractivity contribution < 1.29 is 14.0 Å². The number of hydrogen-bond donors (Lipinski definition) is 2. The highest BCUT2D eigenvalue weighted by Crippen LogP contribution is 2.13. The Balaban J connectivity index is 1.72. The number of nitrogens with one attached hydrogen (secondary N) is 2. The van der Waals surface area contributed by atoms with Crippen LogP contribution in [-0.4, -0.2) is 32.6 Å². The fourth-order valence-electron chi connectivity index (χ4n) is 1.90. The van der Waals surface area contributed by atoms with Crippen LogP contribution >= 0.6 is 11.8 Å². The van der Waals surface area contributed by atoms with Gasteiger partial charge in [-0.1, -0.05) is 0 Å². The number of thioether (sulfide) groups is 1. The van der Waals surface area contributed by atoms with Crippen molar-refractivity contribution in [2.45, 2.75) is 18.7 Å². The molecule has 2 amide bonds. The highest BCUT2D eigenvalue weighted by Gasteiger charge is 2.15. The molecule has 1 aromatic heterocycles. The number of rotatable bonds is 7. The Bertz CT molecular complexity index is 702. The largest absolute Gasteiger partial charge is 0.350 e. The summed E-state index contributed by atoms with van der Waals surface area (Å²) in [5, 5.41) is 9.13. The van der Waals surface area contributed by atoms with Gasteiger partial charge in [-0.2, -0.15) is 5.10 Å². The smallest absolute Gasteiger partial charge is 0.234 e. The topological polar surface area (TPSA) is 76.0 Å². The summed E-state index contributed by atoms with van der Waals surface area (Å²) in [6, 6.07) is 7.35. The maximum Gasteiger partial charge on any atom is 0.234 e. The molecule has 0 aliphatic carbocycles. The summed E-state index contributed by atoms with van der Waals surface area (Å²) in [7, 11) is 1.81. The van der Waals surface area contributed by atoms with Crippen LogP contribution in [0.1, 0.15) is 12.6 Å². The van der Waals surface area contributed by atoms with E-state index >= 15 is 0 Å². The number of amides is 2. The molecule has 1 heterocycles. The zero-order valence-corrected chi connectivity index (χ0v) is 14.3. The van der Waals surface area contributed by atoms with Gasteiger partial charge in [0.1, 0.15) is 5.82 Å². The van der Waals surface area contributed by atoms with Gasteiger partial charge in [-0.15, -0.1) is 11.8 Å². The molecule has 0 saturated heterocycles. The molecule has 1 atom stereocenters. The van der Waals surface area contributed by atoms with Crippen LogP contribution in [0, 0.1) is 5.82 Å². The van der Waals surface area contributed by atoms with Gasteiger partial charge in [0.25, 0.3) is 0 Å². The number of carbonyl (C=O) groups is 2. The van der Waals surface area contributed by atoms with Crippen LogP contribution in [0.3, 0.4) is 0 Å². The molecule has 6 nitrogen and oxygen atoms in total. The second-order valence-corrected chi connectivity index (χ2v) is 6.50. The summed E-state index contributed by atoms with van der Waals surface area (Å²) in [6.07, 6.45) is 1.67. The first-order valence-corrected chi connectivity index (χ1v) is 8.42. The molecule has 0 aliphatic rings. The van der Waals surface area contributed by atoms with Crippen LogP contribution in [-0.2, 0) is 23.2 Å². The molecule has 0 saturated carbocycles. The zero-order valence-electron chi connectivity index (χ0n) is 13.5. The number of halogens is 1. The lowest BCUT2D eigenvalue weighted by Crippen LogP contribution is -2.32. The van der Waals surface area contributed by atoms with E-state index in [1.165, 1.54) is 36.0 Å². The van der Waals surface area contributed by atoms with Gasteiger partial charge in [0.05, 0.1) is 23.2 Å². The van der Waals surface area contributed by atoms with E-state index in [0.717, 1.165) is 5.69 Å². The van der Waals surface area contributed by atoms with Gasteiger partial charge in [0.15, 0.2) is 0 Å². The first-order valence-electron chi connectivity index (χ1n) is 7.37. The van der Waals surface area contributed by atoms with E-state index in [0.29, 0.717) is 12.2 Å². The third-order valence-electron chi connectivity index (χ3n) is 3.33. The number of anilines is 1. The van der Waals surface area contributed by atoms with Crippen LogP contribution < -0.4 is 10.6 Å². The molecule has 0 aliphatic heterocycles. The third kappa shape index (κ3) is 5.38. The van der Waals surface area contributed by atoms with Crippen molar-refractivity contribution >= 4 is 29.3 Å². The first-order chi connectivity index (χ1) is 11.5. The number of benzene rings is 1. The SMILES string of the molecule is CC(SCC(=O)Nc1ccc(F)cc1)C(=O)NCc1ccnn1C. The second-order valence-electron chi connectivity index (χ2n) is 5.17. The normalized spacial score (nSPS) is 11.8. The Morgan fingerprint density at radius 2 is 2.00 bits per heavy atom. The van der Waals surface area contributed by atoms with Crippen molar-refractivity contribution in [3.63, 3.8) is 0 Å². The number of aromatic nitrogens is 2. The minimum Gasteiger partial charge on any atom is -0.350 e. The fraction of sp³-hybridized carbons (Fsp3) is 0.312. The van der Waals surface area contributed by atoms with Gasteiger partial charge >= 0.3 is 0 Å². The summed E-state index contributed by atoms with van der Waals surface area (Å²) < 4.78 is 14.5. The maximum absolute atomic E-state index is 12.8. The minimum atomic E-state index is -0.364. The highest BCUT2D eigenvalue weighted by atomic mass is 32.2. The van der Waals surface area contributed by atoms with Gasteiger partial charge < -0.3 is 10.6 Å². The Hall–Kier alpha value is -2.35. The van der Waals surface area contributed by atoms with Crippen molar-refractivity contribution in [1.29, 1.82) is 0 Å². The first kappa shape index (κ1) is 18.0. The van der Waals surface area contributed by atoms with Crippen LogP contribution in [0.2, 0.25) is 0 Å². The molecule has 0 radical (unpaired) electrons. The molecule has 24 heavy (non-hydrogen) atoms. The summed E-state index contributed by atoms with van der Waals surface area (Å²) in [5.41, 5.74) is 1.42. The molecule has 2 aromatic rings. The van der Waals surface area contributed by atoms with Crippen LogP contribution in [0.4, 0.5) is 10.1 Å². The Morgan fingerprint density at radius 3 is 2.62 bits per heavy atom. The lowest BCUT2D eigenvalue weighted by molar-refractivity contribution is -0.120. The molecule has 2 rings (SSSR count). The van der Waals surface area contributed by atoms with E-state index in [4.69, 9.17) is 0 Å². The van der Waals surface area contributed by atoms with Gasteiger partial charge in [0.2, 0.25) is 11.8 Å². The maximum atomic E-state index is 12.8. The molecule has 8 heteroatoms. The molecular formula is C16H19FN4O2S. The molecule has 0 spiro atoms. The monoisotopic (exact) mass is 350 g/mol.